The normalized spacial score (nSPS) is 17.6. The molecule has 1 saturated heterocycles. The molecular formula is C14H21NS. The number of benzene rings is 1. The topological polar surface area (TPSA) is 12.0 Å². The molecule has 0 radical (unpaired) electrons. The third-order valence-corrected chi connectivity index (χ3v) is 4.24. The van der Waals surface area contributed by atoms with E-state index in [1.807, 2.05) is 0 Å². The lowest BCUT2D eigenvalue weighted by Crippen LogP contribution is -2.33. The van der Waals surface area contributed by atoms with Crippen LogP contribution in [-0.4, -0.2) is 24.1 Å². The summed E-state index contributed by atoms with van der Waals surface area (Å²) in [7, 11) is 0. The van der Waals surface area contributed by atoms with Crippen LogP contribution in [0.2, 0.25) is 0 Å². The highest BCUT2D eigenvalue weighted by Gasteiger charge is 2.11. The molecule has 0 unspecified atom stereocenters. The molecule has 1 N–H and O–H groups in total. The van der Waals surface area contributed by atoms with Crippen LogP contribution < -0.4 is 5.32 Å². The van der Waals surface area contributed by atoms with Crippen molar-refractivity contribution < 1.29 is 0 Å². The molecule has 1 aliphatic heterocycles. The second-order valence-electron chi connectivity index (χ2n) is 4.58. The molecule has 1 heterocycles. The zero-order valence-corrected chi connectivity index (χ0v) is 10.9. The Balaban J connectivity index is 1.69. The van der Waals surface area contributed by atoms with E-state index < -0.39 is 0 Å². The summed E-state index contributed by atoms with van der Waals surface area (Å²) in [5.74, 6) is 2.67. The summed E-state index contributed by atoms with van der Waals surface area (Å²) >= 11 is 2.09. The fraction of sp³-hybridized carbons (Fsp3) is 0.571. The molecule has 1 aromatic carbocycles. The highest BCUT2D eigenvalue weighted by atomic mass is 32.2. The van der Waals surface area contributed by atoms with Gasteiger partial charge >= 0.3 is 0 Å². The van der Waals surface area contributed by atoms with Crippen molar-refractivity contribution in [3.05, 3.63) is 35.4 Å². The van der Waals surface area contributed by atoms with E-state index in [1.54, 1.807) is 0 Å². The van der Waals surface area contributed by atoms with Crippen LogP contribution in [0.25, 0.3) is 0 Å². The molecule has 0 atom stereocenters. The van der Waals surface area contributed by atoms with Crippen molar-refractivity contribution >= 4 is 11.8 Å². The molecule has 1 aromatic rings. The van der Waals surface area contributed by atoms with Crippen molar-refractivity contribution in [2.45, 2.75) is 32.2 Å². The minimum absolute atomic E-state index is 0.770. The Labute approximate surface area is 103 Å². The predicted molar refractivity (Wildman–Crippen MR) is 73.2 cm³/mol. The van der Waals surface area contributed by atoms with Gasteiger partial charge < -0.3 is 5.32 Å². The highest BCUT2D eigenvalue weighted by Crippen LogP contribution is 2.16. The number of hydrogen-bond donors (Lipinski definition) is 1. The maximum absolute atomic E-state index is 3.67. The van der Waals surface area contributed by atoms with Crippen molar-refractivity contribution in [3.63, 3.8) is 0 Å². The number of nitrogens with one attached hydrogen (secondary N) is 1. The van der Waals surface area contributed by atoms with Gasteiger partial charge in [-0.25, -0.2) is 0 Å². The van der Waals surface area contributed by atoms with Gasteiger partial charge in [0.1, 0.15) is 0 Å². The fourth-order valence-corrected chi connectivity index (χ4v) is 3.18. The molecule has 0 amide bonds. The summed E-state index contributed by atoms with van der Waals surface area (Å²) < 4.78 is 0. The van der Waals surface area contributed by atoms with E-state index in [0.29, 0.717) is 0 Å². The van der Waals surface area contributed by atoms with Crippen LogP contribution in [0.4, 0.5) is 0 Å². The maximum Gasteiger partial charge on any atom is 0.00829 e. The van der Waals surface area contributed by atoms with E-state index in [1.165, 1.54) is 35.5 Å². The fourth-order valence-electron chi connectivity index (χ4n) is 2.08. The molecule has 88 valence electrons. The first kappa shape index (κ1) is 12.0. The van der Waals surface area contributed by atoms with Gasteiger partial charge in [-0.3, -0.25) is 0 Å². The SMILES string of the molecule is Cc1ccc(CCNC2CCSCC2)cc1. The molecule has 2 rings (SSSR count). The summed E-state index contributed by atoms with van der Waals surface area (Å²) in [6, 6.07) is 9.66. The van der Waals surface area contributed by atoms with Gasteiger partial charge in [0.2, 0.25) is 0 Å². The standard InChI is InChI=1S/C14H21NS/c1-12-2-4-13(5-3-12)6-9-15-14-7-10-16-11-8-14/h2-5,14-15H,6-11H2,1H3. The van der Waals surface area contributed by atoms with Gasteiger partial charge in [-0.05, 0) is 49.8 Å². The van der Waals surface area contributed by atoms with Crippen LogP contribution in [0.5, 0.6) is 0 Å². The van der Waals surface area contributed by atoms with Gasteiger partial charge in [0.25, 0.3) is 0 Å². The summed E-state index contributed by atoms with van der Waals surface area (Å²) in [6.45, 7) is 3.26. The average Bonchev–Trinajstić information content (AvgIpc) is 2.33. The van der Waals surface area contributed by atoms with Crippen LogP contribution in [-0.2, 0) is 6.42 Å². The van der Waals surface area contributed by atoms with Crippen LogP contribution in [0.1, 0.15) is 24.0 Å². The lowest BCUT2D eigenvalue weighted by atomic mass is 10.1. The molecule has 0 bridgehead atoms. The summed E-state index contributed by atoms with van der Waals surface area (Å²) in [5.41, 5.74) is 2.80. The Morgan fingerprint density at radius 1 is 1.19 bits per heavy atom. The van der Waals surface area contributed by atoms with E-state index in [-0.39, 0.29) is 0 Å². The molecule has 0 aromatic heterocycles. The van der Waals surface area contributed by atoms with E-state index in [9.17, 15) is 0 Å². The first-order valence-electron chi connectivity index (χ1n) is 6.21. The molecule has 1 aliphatic rings. The Morgan fingerprint density at radius 2 is 1.88 bits per heavy atom. The second-order valence-corrected chi connectivity index (χ2v) is 5.80. The average molecular weight is 235 g/mol. The van der Waals surface area contributed by atoms with Crippen LogP contribution in [0.15, 0.2) is 24.3 Å². The Hall–Kier alpha value is -0.470. The first-order chi connectivity index (χ1) is 7.84. The predicted octanol–water partition coefficient (Wildman–Crippen LogP) is 3.02. The van der Waals surface area contributed by atoms with E-state index in [2.05, 4.69) is 48.3 Å². The summed E-state index contributed by atoms with van der Waals surface area (Å²) in [6.07, 6.45) is 3.85. The van der Waals surface area contributed by atoms with Crippen LogP contribution in [0, 0.1) is 6.92 Å². The van der Waals surface area contributed by atoms with Gasteiger partial charge in [0, 0.05) is 6.04 Å². The maximum atomic E-state index is 3.67. The largest absolute Gasteiger partial charge is 0.314 e. The minimum atomic E-state index is 0.770. The lowest BCUT2D eigenvalue weighted by Gasteiger charge is -2.22. The van der Waals surface area contributed by atoms with Gasteiger partial charge in [0.05, 0.1) is 0 Å². The molecule has 16 heavy (non-hydrogen) atoms. The lowest BCUT2D eigenvalue weighted by molar-refractivity contribution is 0.486. The number of rotatable bonds is 4. The number of thioether (sulfide) groups is 1. The molecule has 0 aliphatic carbocycles. The molecule has 1 fully saturated rings. The smallest absolute Gasteiger partial charge is 0.00829 e. The number of hydrogen-bond acceptors (Lipinski definition) is 2. The highest BCUT2D eigenvalue weighted by molar-refractivity contribution is 7.99. The van der Waals surface area contributed by atoms with Crippen molar-refractivity contribution in [2.75, 3.05) is 18.1 Å². The van der Waals surface area contributed by atoms with E-state index in [0.717, 1.165) is 19.0 Å². The minimum Gasteiger partial charge on any atom is -0.314 e. The third kappa shape index (κ3) is 3.84. The molecule has 0 spiro atoms. The van der Waals surface area contributed by atoms with Gasteiger partial charge in [-0.1, -0.05) is 29.8 Å². The van der Waals surface area contributed by atoms with E-state index >= 15 is 0 Å². The zero-order chi connectivity index (χ0) is 11.2. The van der Waals surface area contributed by atoms with Gasteiger partial charge in [-0.15, -0.1) is 0 Å². The van der Waals surface area contributed by atoms with E-state index in [4.69, 9.17) is 0 Å². The monoisotopic (exact) mass is 235 g/mol. The van der Waals surface area contributed by atoms with Crippen LogP contribution >= 0.6 is 11.8 Å². The van der Waals surface area contributed by atoms with Gasteiger partial charge in [-0.2, -0.15) is 11.8 Å². The Kier molecular flexibility index (Phi) is 4.73. The second kappa shape index (κ2) is 6.31. The third-order valence-electron chi connectivity index (χ3n) is 3.19. The van der Waals surface area contributed by atoms with Crippen molar-refractivity contribution in [2.24, 2.45) is 0 Å². The Bertz CT molecular complexity index is 301. The summed E-state index contributed by atoms with van der Waals surface area (Å²) in [4.78, 5) is 0. The molecular weight excluding hydrogens is 214 g/mol. The van der Waals surface area contributed by atoms with Gasteiger partial charge in [0.15, 0.2) is 0 Å². The Morgan fingerprint density at radius 3 is 2.56 bits per heavy atom. The van der Waals surface area contributed by atoms with Crippen LogP contribution in [0.3, 0.4) is 0 Å². The zero-order valence-electron chi connectivity index (χ0n) is 10.0. The first-order valence-corrected chi connectivity index (χ1v) is 7.37. The quantitative estimate of drug-likeness (QED) is 0.861. The molecule has 1 nitrogen and oxygen atoms in total. The van der Waals surface area contributed by atoms with Crippen molar-refractivity contribution in [3.8, 4) is 0 Å². The summed E-state index contributed by atoms with van der Waals surface area (Å²) in [5, 5.41) is 3.67. The number of aryl methyl sites for hydroxylation is 1. The van der Waals surface area contributed by atoms with Crippen molar-refractivity contribution in [1.82, 2.24) is 5.32 Å². The molecule has 2 heteroatoms. The molecule has 0 saturated carbocycles. The van der Waals surface area contributed by atoms with Crippen molar-refractivity contribution in [1.29, 1.82) is 0 Å².